The average Bonchev–Trinajstić information content (AvgIpc) is 2.38. The summed E-state index contributed by atoms with van der Waals surface area (Å²) >= 11 is 5.92. The van der Waals surface area contributed by atoms with Gasteiger partial charge >= 0.3 is 0 Å². The summed E-state index contributed by atoms with van der Waals surface area (Å²) in [4.78, 5) is 0. The lowest BCUT2D eigenvalue weighted by molar-refractivity contribution is 1.31. The van der Waals surface area contributed by atoms with E-state index < -0.39 is 0 Å². The molecule has 0 unspecified atom stereocenters. The molecule has 0 spiro atoms. The van der Waals surface area contributed by atoms with Crippen LogP contribution < -0.4 is 5.32 Å². The maximum Gasteiger partial charge on any atom is 0.0410 e. The number of benzene rings is 2. The first kappa shape index (κ1) is 12.7. The highest BCUT2D eigenvalue weighted by atomic mass is 35.5. The van der Waals surface area contributed by atoms with Gasteiger partial charge in [-0.3, -0.25) is 0 Å². The topological polar surface area (TPSA) is 12.0 Å². The second-order valence-corrected chi connectivity index (χ2v) is 4.59. The monoisotopic (exact) mass is 257 g/mol. The molecule has 2 heteroatoms. The van der Waals surface area contributed by atoms with Gasteiger partial charge in [0, 0.05) is 17.3 Å². The Morgan fingerprint density at radius 2 is 1.89 bits per heavy atom. The Bertz CT molecular complexity index is 532. The summed E-state index contributed by atoms with van der Waals surface area (Å²) in [6, 6.07) is 16.1. The van der Waals surface area contributed by atoms with E-state index in [0.717, 1.165) is 22.8 Å². The third-order valence-electron chi connectivity index (χ3n) is 2.71. The van der Waals surface area contributed by atoms with Gasteiger partial charge in [-0.2, -0.15) is 0 Å². The number of aryl methyl sites for hydroxylation is 1. The molecule has 2 aromatic rings. The van der Waals surface area contributed by atoms with Crippen molar-refractivity contribution in [3.8, 4) is 0 Å². The van der Waals surface area contributed by atoms with E-state index >= 15 is 0 Å². The lowest BCUT2D eigenvalue weighted by atomic mass is 10.2. The minimum Gasteiger partial charge on any atom is -0.381 e. The van der Waals surface area contributed by atoms with Crippen LogP contribution in [0.1, 0.15) is 11.1 Å². The molecule has 0 atom stereocenters. The molecule has 0 fully saturated rings. The summed E-state index contributed by atoms with van der Waals surface area (Å²) in [6.07, 6.45) is 4.22. The molecule has 0 saturated carbocycles. The third kappa shape index (κ3) is 3.64. The Labute approximate surface area is 113 Å². The summed E-state index contributed by atoms with van der Waals surface area (Å²) in [5.41, 5.74) is 3.50. The highest BCUT2D eigenvalue weighted by Crippen LogP contribution is 2.19. The molecular weight excluding hydrogens is 242 g/mol. The lowest BCUT2D eigenvalue weighted by Crippen LogP contribution is -1.99. The van der Waals surface area contributed by atoms with E-state index in [1.807, 2.05) is 36.4 Å². The zero-order valence-electron chi connectivity index (χ0n) is 10.4. The van der Waals surface area contributed by atoms with Crippen LogP contribution in [0.5, 0.6) is 0 Å². The molecule has 1 N–H and O–H groups in total. The fourth-order valence-corrected chi connectivity index (χ4v) is 1.98. The number of rotatable bonds is 4. The molecule has 0 bridgehead atoms. The van der Waals surface area contributed by atoms with Crippen LogP contribution in [-0.4, -0.2) is 6.54 Å². The first-order valence-electron chi connectivity index (χ1n) is 5.97. The SMILES string of the molecule is Cc1cc(Cl)ccc1NC/C=C\c1ccccc1. The second-order valence-electron chi connectivity index (χ2n) is 4.15. The summed E-state index contributed by atoms with van der Waals surface area (Å²) in [6.45, 7) is 2.85. The Morgan fingerprint density at radius 1 is 1.11 bits per heavy atom. The van der Waals surface area contributed by atoms with Crippen LogP contribution in [0.2, 0.25) is 5.02 Å². The quantitative estimate of drug-likeness (QED) is 0.832. The van der Waals surface area contributed by atoms with Gasteiger partial charge in [-0.1, -0.05) is 54.1 Å². The van der Waals surface area contributed by atoms with Crippen LogP contribution in [0.4, 0.5) is 5.69 Å². The molecule has 0 radical (unpaired) electrons. The maximum atomic E-state index is 5.92. The Kier molecular flexibility index (Phi) is 4.43. The molecule has 18 heavy (non-hydrogen) atoms. The van der Waals surface area contributed by atoms with Gasteiger partial charge in [0.2, 0.25) is 0 Å². The molecule has 2 rings (SSSR count). The van der Waals surface area contributed by atoms with Gasteiger partial charge in [0.05, 0.1) is 0 Å². The van der Waals surface area contributed by atoms with E-state index in [1.54, 1.807) is 0 Å². The van der Waals surface area contributed by atoms with E-state index in [4.69, 9.17) is 11.6 Å². The van der Waals surface area contributed by atoms with Crippen molar-refractivity contribution in [1.82, 2.24) is 0 Å². The van der Waals surface area contributed by atoms with Gasteiger partial charge in [0.1, 0.15) is 0 Å². The van der Waals surface area contributed by atoms with Gasteiger partial charge in [-0.25, -0.2) is 0 Å². The summed E-state index contributed by atoms with van der Waals surface area (Å²) < 4.78 is 0. The third-order valence-corrected chi connectivity index (χ3v) is 2.94. The van der Waals surface area contributed by atoms with E-state index in [0.29, 0.717) is 0 Å². The number of halogens is 1. The highest BCUT2D eigenvalue weighted by molar-refractivity contribution is 6.30. The Morgan fingerprint density at radius 3 is 2.61 bits per heavy atom. The van der Waals surface area contributed by atoms with Crippen molar-refractivity contribution >= 4 is 23.4 Å². The predicted octanol–water partition coefficient (Wildman–Crippen LogP) is 4.77. The van der Waals surface area contributed by atoms with Gasteiger partial charge in [0.25, 0.3) is 0 Å². The largest absolute Gasteiger partial charge is 0.381 e. The molecule has 0 heterocycles. The number of nitrogens with one attached hydrogen (secondary N) is 1. The smallest absolute Gasteiger partial charge is 0.0410 e. The van der Waals surface area contributed by atoms with E-state index in [-0.39, 0.29) is 0 Å². The minimum atomic E-state index is 0.776. The van der Waals surface area contributed by atoms with Crippen LogP contribution in [0.15, 0.2) is 54.6 Å². The average molecular weight is 258 g/mol. The van der Waals surface area contributed by atoms with E-state index in [2.05, 4.69) is 36.5 Å². The van der Waals surface area contributed by atoms with Gasteiger partial charge in [-0.15, -0.1) is 0 Å². The first-order valence-corrected chi connectivity index (χ1v) is 6.35. The first-order chi connectivity index (χ1) is 8.75. The van der Waals surface area contributed by atoms with Gasteiger partial charge < -0.3 is 5.32 Å². The van der Waals surface area contributed by atoms with Crippen molar-refractivity contribution in [3.05, 3.63) is 70.8 Å². The normalized spacial score (nSPS) is 10.8. The lowest BCUT2D eigenvalue weighted by Gasteiger charge is -2.07. The number of hydrogen-bond donors (Lipinski definition) is 1. The van der Waals surface area contributed by atoms with Crippen molar-refractivity contribution < 1.29 is 0 Å². The van der Waals surface area contributed by atoms with Crippen LogP contribution in [0.25, 0.3) is 6.08 Å². The summed E-state index contributed by atoms with van der Waals surface area (Å²) in [5.74, 6) is 0. The van der Waals surface area contributed by atoms with Crippen LogP contribution in [0.3, 0.4) is 0 Å². The van der Waals surface area contributed by atoms with E-state index in [1.165, 1.54) is 5.56 Å². The van der Waals surface area contributed by atoms with Crippen LogP contribution >= 0.6 is 11.6 Å². The molecule has 0 aliphatic carbocycles. The summed E-state index contributed by atoms with van der Waals surface area (Å²) in [7, 11) is 0. The molecule has 0 aliphatic rings. The number of anilines is 1. The molecule has 1 nitrogen and oxygen atoms in total. The number of hydrogen-bond acceptors (Lipinski definition) is 1. The fourth-order valence-electron chi connectivity index (χ4n) is 1.75. The molecule has 2 aromatic carbocycles. The van der Waals surface area contributed by atoms with Crippen molar-refractivity contribution in [3.63, 3.8) is 0 Å². The van der Waals surface area contributed by atoms with Gasteiger partial charge in [0.15, 0.2) is 0 Å². The Balaban J connectivity index is 1.91. The minimum absolute atomic E-state index is 0.776. The molecule has 0 amide bonds. The van der Waals surface area contributed by atoms with Crippen LogP contribution in [-0.2, 0) is 0 Å². The zero-order valence-corrected chi connectivity index (χ0v) is 11.1. The Hall–Kier alpha value is -1.73. The van der Waals surface area contributed by atoms with Crippen molar-refractivity contribution in [2.75, 3.05) is 11.9 Å². The maximum absolute atomic E-state index is 5.92. The van der Waals surface area contributed by atoms with Crippen molar-refractivity contribution in [2.45, 2.75) is 6.92 Å². The van der Waals surface area contributed by atoms with Crippen molar-refractivity contribution in [2.24, 2.45) is 0 Å². The molecular formula is C16H16ClN. The van der Waals surface area contributed by atoms with Crippen molar-refractivity contribution in [1.29, 1.82) is 0 Å². The molecule has 0 saturated heterocycles. The molecule has 92 valence electrons. The highest BCUT2D eigenvalue weighted by Gasteiger charge is 1.96. The predicted molar refractivity (Wildman–Crippen MR) is 80.2 cm³/mol. The molecule has 0 aromatic heterocycles. The van der Waals surface area contributed by atoms with Crippen LogP contribution in [0, 0.1) is 6.92 Å². The van der Waals surface area contributed by atoms with Gasteiger partial charge in [-0.05, 0) is 36.2 Å². The standard InChI is InChI=1S/C16H16ClN/c1-13-12-15(17)9-10-16(13)18-11-5-8-14-6-3-2-4-7-14/h2-10,12,18H,11H2,1H3/b8-5-. The molecule has 0 aliphatic heterocycles. The fraction of sp³-hybridized carbons (Fsp3) is 0.125. The second kappa shape index (κ2) is 6.27. The zero-order chi connectivity index (χ0) is 12.8. The van der Waals surface area contributed by atoms with E-state index in [9.17, 15) is 0 Å². The summed E-state index contributed by atoms with van der Waals surface area (Å²) in [5, 5.41) is 4.14.